The Bertz CT molecular complexity index is 71.3. The number of hydrogen-bond donors (Lipinski definition) is 0. The minimum atomic E-state index is 0.234. The van der Waals surface area contributed by atoms with E-state index in [4.69, 9.17) is 16.3 Å². The standard InChI is InChI=1S/C7H15ClO/c1-7(2,6-8)4-5-9-3/h4-6H2,1-3H3. The molecular formula is C7H15ClO. The molecule has 0 bridgehead atoms. The fraction of sp³-hybridized carbons (Fsp3) is 1.00. The number of alkyl halides is 1. The Labute approximate surface area is 62.3 Å². The van der Waals surface area contributed by atoms with Gasteiger partial charge < -0.3 is 4.74 Å². The average molecular weight is 151 g/mol. The Morgan fingerprint density at radius 2 is 2.00 bits per heavy atom. The molecule has 0 rings (SSSR count). The van der Waals surface area contributed by atoms with E-state index < -0.39 is 0 Å². The Balaban J connectivity index is 3.33. The van der Waals surface area contributed by atoms with Gasteiger partial charge in [0.2, 0.25) is 0 Å². The van der Waals surface area contributed by atoms with Gasteiger partial charge in [-0.3, -0.25) is 0 Å². The molecule has 0 radical (unpaired) electrons. The molecule has 0 aromatic carbocycles. The van der Waals surface area contributed by atoms with Crippen molar-refractivity contribution < 1.29 is 4.74 Å². The van der Waals surface area contributed by atoms with Crippen molar-refractivity contribution in [2.45, 2.75) is 20.3 Å². The highest BCUT2D eigenvalue weighted by Crippen LogP contribution is 2.21. The van der Waals surface area contributed by atoms with Crippen LogP contribution < -0.4 is 0 Å². The van der Waals surface area contributed by atoms with Crippen molar-refractivity contribution in [1.82, 2.24) is 0 Å². The predicted octanol–water partition coefficient (Wildman–Crippen LogP) is 2.29. The zero-order valence-corrected chi connectivity index (χ0v) is 7.16. The van der Waals surface area contributed by atoms with Gasteiger partial charge in [-0.15, -0.1) is 11.6 Å². The van der Waals surface area contributed by atoms with Crippen LogP contribution in [0.25, 0.3) is 0 Å². The Hall–Kier alpha value is 0.250. The van der Waals surface area contributed by atoms with Gasteiger partial charge in [-0.1, -0.05) is 13.8 Å². The molecule has 56 valence electrons. The van der Waals surface area contributed by atoms with Crippen molar-refractivity contribution in [3.63, 3.8) is 0 Å². The largest absolute Gasteiger partial charge is 0.385 e. The van der Waals surface area contributed by atoms with E-state index in [9.17, 15) is 0 Å². The van der Waals surface area contributed by atoms with Gasteiger partial charge in [-0.05, 0) is 11.8 Å². The first-order valence-corrected chi connectivity index (χ1v) is 3.71. The van der Waals surface area contributed by atoms with Crippen LogP contribution in [0, 0.1) is 5.41 Å². The van der Waals surface area contributed by atoms with Crippen molar-refractivity contribution in [3.05, 3.63) is 0 Å². The number of halogens is 1. The van der Waals surface area contributed by atoms with Crippen LogP contribution in [0.1, 0.15) is 20.3 Å². The van der Waals surface area contributed by atoms with Crippen LogP contribution in [0.15, 0.2) is 0 Å². The normalized spacial score (nSPS) is 12.0. The Morgan fingerprint density at radius 1 is 1.44 bits per heavy atom. The van der Waals surface area contributed by atoms with Gasteiger partial charge in [0.05, 0.1) is 0 Å². The molecule has 0 aliphatic rings. The van der Waals surface area contributed by atoms with Crippen molar-refractivity contribution >= 4 is 11.6 Å². The maximum absolute atomic E-state index is 5.67. The molecule has 0 spiro atoms. The Morgan fingerprint density at radius 3 is 2.33 bits per heavy atom. The lowest BCUT2D eigenvalue weighted by Crippen LogP contribution is -2.15. The first-order valence-electron chi connectivity index (χ1n) is 3.17. The molecule has 0 unspecified atom stereocenters. The van der Waals surface area contributed by atoms with E-state index in [2.05, 4.69) is 13.8 Å². The summed E-state index contributed by atoms with van der Waals surface area (Å²) >= 11 is 5.67. The van der Waals surface area contributed by atoms with Crippen molar-refractivity contribution in [2.24, 2.45) is 5.41 Å². The van der Waals surface area contributed by atoms with Gasteiger partial charge in [0, 0.05) is 19.6 Å². The van der Waals surface area contributed by atoms with Crippen LogP contribution in [0.4, 0.5) is 0 Å². The maximum atomic E-state index is 5.67. The third kappa shape index (κ3) is 4.73. The third-order valence-corrected chi connectivity index (χ3v) is 2.07. The fourth-order valence-corrected chi connectivity index (χ4v) is 0.579. The summed E-state index contributed by atoms with van der Waals surface area (Å²) in [5, 5.41) is 0. The van der Waals surface area contributed by atoms with E-state index in [1.54, 1.807) is 7.11 Å². The topological polar surface area (TPSA) is 9.23 Å². The molecule has 0 aromatic heterocycles. The summed E-state index contributed by atoms with van der Waals surface area (Å²) in [7, 11) is 1.71. The quantitative estimate of drug-likeness (QED) is 0.559. The molecule has 0 atom stereocenters. The smallest absolute Gasteiger partial charge is 0.0467 e. The van der Waals surface area contributed by atoms with Gasteiger partial charge in [0.15, 0.2) is 0 Å². The second-order valence-corrected chi connectivity index (χ2v) is 3.31. The fourth-order valence-electron chi connectivity index (χ4n) is 0.445. The summed E-state index contributed by atoms with van der Waals surface area (Å²) in [5.74, 6) is 0.705. The highest BCUT2D eigenvalue weighted by atomic mass is 35.5. The summed E-state index contributed by atoms with van der Waals surface area (Å²) in [6.07, 6.45) is 1.03. The van der Waals surface area contributed by atoms with Gasteiger partial charge in [-0.2, -0.15) is 0 Å². The summed E-state index contributed by atoms with van der Waals surface area (Å²) in [5.41, 5.74) is 0.234. The molecule has 1 nitrogen and oxygen atoms in total. The van der Waals surface area contributed by atoms with Crippen LogP contribution >= 0.6 is 11.6 Å². The molecule has 0 aliphatic heterocycles. The summed E-state index contributed by atoms with van der Waals surface area (Å²) in [6, 6.07) is 0. The molecule has 0 amide bonds. The van der Waals surface area contributed by atoms with Gasteiger partial charge >= 0.3 is 0 Å². The van der Waals surface area contributed by atoms with Crippen molar-refractivity contribution in [2.75, 3.05) is 19.6 Å². The summed E-state index contributed by atoms with van der Waals surface area (Å²) < 4.78 is 4.92. The van der Waals surface area contributed by atoms with Crippen molar-refractivity contribution in [3.8, 4) is 0 Å². The predicted molar refractivity (Wildman–Crippen MR) is 41.0 cm³/mol. The number of hydrogen-bond acceptors (Lipinski definition) is 1. The van der Waals surface area contributed by atoms with Crippen LogP contribution in [0.5, 0.6) is 0 Å². The number of methoxy groups -OCH3 is 1. The number of rotatable bonds is 4. The molecule has 0 aromatic rings. The SMILES string of the molecule is COCCC(C)(C)CCl. The minimum absolute atomic E-state index is 0.234. The van der Waals surface area contributed by atoms with Gasteiger partial charge in [0.25, 0.3) is 0 Å². The monoisotopic (exact) mass is 150 g/mol. The highest BCUT2D eigenvalue weighted by Gasteiger charge is 2.14. The van der Waals surface area contributed by atoms with Crippen LogP contribution in [0.3, 0.4) is 0 Å². The van der Waals surface area contributed by atoms with Crippen LogP contribution in [-0.2, 0) is 4.74 Å². The average Bonchev–Trinajstić information content (AvgIpc) is 1.84. The van der Waals surface area contributed by atoms with Gasteiger partial charge in [0.1, 0.15) is 0 Å². The van der Waals surface area contributed by atoms with Crippen LogP contribution in [-0.4, -0.2) is 19.6 Å². The first kappa shape index (κ1) is 9.25. The molecule has 0 fully saturated rings. The number of ether oxygens (including phenoxy) is 1. The Kier molecular flexibility index (Phi) is 4.24. The lowest BCUT2D eigenvalue weighted by atomic mass is 9.93. The van der Waals surface area contributed by atoms with Crippen LogP contribution in [0.2, 0.25) is 0 Å². The molecule has 9 heavy (non-hydrogen) atoms. The summed E-state index contributed by atoms with van der Waals surface area (Å²) in [6.45, 7) is 5.08. The zero-order chi connectivity index (χ0) is 7.33. The molecule has 0 heterocycles. The lowest BCUT2D eigenvalue weighted by molar-refractivity contribution is 0.160. The molecule has 0 aliphatic carbocycles. The molecule has 2 heteroatoms. The van der Waals surface area contributed by atoms with E-state index in [1.807, 2.05) is 0 Å². The zero-order valence-electron chi connectivity index (χ0n) is 6.41. The third-order valence-electron chi connectivity index (χ3n) is 1.34. The van der Waals surface area contributed by atoms with E-state index >= 15 is 0 Å². The highest BCUT2D eigenvalue weighted by molar-refractivity contribution is 6.18. The first-order chi connectivity index (χ1) is 4.12. The van der Waals surface area contributed by atoms with E-state index in [-0.39, 0.29) is 5.41 Å². The lowest BCUT2D eigenvalue weighted by Gasteiger charge is -2.19. The maximum Gasteiger partial charge on any atom is 0.0467 e. The molecule has 0 saturated carbocycles. The van der Waals surface area contributed by atoms with Crippen molar-refractivity contribution in [1.29, 1.82) is 0 Å². The summed E-state index contributed by atoms with van der Waals surface area (Å²) in [4.78, 5) is 0. The molecule has 0 N–H and O–H groups in total. The second kappa shape index (κ2) is 4.13. The van der Waals surface area contributed by atoms with E-state index in [0.717, 1.165) is 13.0 Å². The van der Waals surface area contributed by atoms with E-state index in [1.165, 1.54) is 0 Å². The van der Waals surface area contributed by atoms with Gasteiger partial charge in [-0.25, -0.2) is 0 Å². The molecular weight excluding hydrogens is 136 g/mol. The second-order valence-electron chi connectivity index (χ2n) is 3.04. The van der Waals surface area contributed by atoms with E-state index in [0.29, 0.717) is 5.88 Å². The molecule has 0 saturated heterocycles. The minimum Gasteiger partial charge on any atom is -0.385 e.